The van der Waals surface area contributed by atoms with E-state index in [-0.39, 0.29) is 11.9 Å². The molecule has 0 saturated carbocycles. The number of guanidine groups is 1. The Morgan fingerprint density at radius 3 is 3.00 bits per heavy atom. The highest BCUT2D eigenvalue weighted by atomic mass is 32.1. The van der Waals surface area contributed by atoms with Crippen LogP contribution in [-0.2, 0) is 6.54 Å². The molecule has 140 valence electrons. The van der Waals surface area contributed by atoms with Gasteiger partial charge in [-0.1, -0.05) is 0 Å². The van der Waals surface area contributed by atoms with Crippen molar-refractivity contribution in [1.29, 1.82) is 0 Å². The van der Waals surface area contributed by atoms with Crippen LogP contribution in [0, 0.1) is 19.7 Å². The van der Waals surface area contributed by atoms with Gasteiger partial charge < -0.3 is 15.5 Å². The molecule has 0 spiro atoms. The fourth-order valence-electron chi connectivity index (χ4n) is 2.95. The highest BCUT2D eigenvalue weighted by Gasteiger charge is 2.25. The monoisotopic (exact) mass is 376 g/mol. The van der Waals surface area contributed by atoms with E-state index in [1.54, 1.807) is 23.6 Å². The SMILES string of the molecule is CCNC(=NCc1nc(C)c(C)s1)NC1CCN(c2ncccc2F)C1. The molecule has 0 radical (unpaired) electrons. The quantitative estimate of drug-likeness (QED) is 0.620. The number of rotatable bonds is 5. The third kappa shape index (κ3) is 4.49. The Balaban J connectivity index is 1.61. The molecule has 2 aromatic rings. The molecule has 6 nitrogen and oxygen atoms in total. The average molecular weight is 377 g/mol. The van der Waals surface area contributed by atoms with Crippen LogP contribution in [0.2, 0.25) is 0 Å². The number of nitrogens with zero attached hydrogens (tertiary/aromatic N) is 4. The lowest BCUT2D eigenvalue weighted by Gasteiger charge is -2.19. The van der Waals surface area contributed by atoms with Crippen LogP contribution in [0.5, 0.6) is 0 Å². The lowest BCUT2D eigenvalue weighted by Crippen LogP contribution is -2.44. The number of pyridine rings is 1. The van der Waals surface area contributed by atoms with Gasteiger partial charge in [0.15, 0.2) is 17.6 Å². The van der Waals surface area contributed by atoms with E-state index in [1.807, 2.05) is 18.7 Å². The summed E-state index contributed by atoms with van der Waals surface area (Å²) in [5, 5.41) is 7.74. The number of aromatic nitrogens is 2. The van der Waals surface area contributed by atoms with Crippen LogP contribution in [-0.4, -0.2) is 41.6 Å². The third-order valence-corrected chi connectivity index (χ3v) is 5.41. The summed E-state index contributed by atoms with van der Waals surface area (Å²) < 4.78 is 13.9. The van der Waals surface area contributed by atoms with Crippen LogP contribution >= 0.6 is 11.3 Å². The topological polar surface area (TPSA) is 65.4 Å². The predicted octanol–water partition coefficient (Wildman–Crippen LogP) is 2.63. The first-order chi connectivity index (χ1) is 12.6. The summed E-state index contributed by atoms with van der Waals surface area (Å²) in [7, 11) is 0. The van der Waals surface area contributed by atoms with E-state index in [2.05, 4.69) is 32.5 Å². The van der Waals surface area contributed by atoms with Gasteiger partial charge in [-0.3, -0.25) is 0 Å². The minimum absolute atomic E-state index is 0.203. The van der Waals surface area contributed by atoms with E-state index in [0.717, 1.165) is 36.2 Å². The maximum Gasteiger partial charge on any atom is 0.191 e. The van der Waals surface area contributed by atoms with Crippen LogP contribution in [0.15, 0.2) is 23.3 Å². The Bertz CT molecular complexity index is 755. The fourth-order valence-corrected chi connectivity index (χ4v) is 3.81. The number of halogens is 1. The van der Waals surface area contributed by atoms with E-state index in [9.17, 15) is 4.39 Å². The van der Waals surface area contributed by atoms with Crippen molar-refractivity contribution < 1.29 is 4.39 Å². The molecule has 1 saturated heterocycles. The number of hydrogen-bond donors (Lipinski definition) is 2. The van der Waals surface area contributed by atoms with E-state index >= 15 is 0 Å². The molecule has 0 aromatic carbocycles. The standard InChI is InChI=1S/C18H25FN6S/c1-4-20-18(22-10-16-23-12(2)13(3)26-16)24-14-7-9-25(11-14)17-15(19)6-5-8-21-17/h5-6,8,14H,4,7,9-11H2,1-3H3,(H2,20,22,24). The summed E-state index contributed by atoms with van der Waals surface area (Å²) in [5.74, 6) is 0.919. The Kier molecular flexibility index (Phi) is 6.03. The molecule has 0 aliphatic carbocycles. The van der Waals surface area contributed by atoms with E-state index < -0.39 is 0 Å². The van der Waals surface area contributed by atoms with Crippen LogP contribution in [0.4, 0.5) is 10.2 Å². The zero-order valence-corrected chi connectivity index (χ0v) is 16.2. The largest absolute Gasteiger partial charge is 0.357 e. The Morgan fingerprint density at radius 2 is 2.31 bits per heavy atom. The van der Waals surface area contributed by atoms with Gasteiger partial charge in [-0.2, -0.15) is 0 Å². The van der Waals surface area contributed by atoms with Crippen molar-refractivity contribution in [2.24, 2.45) is 4.99 Å². The minimum atomic E-state index is -0.275. The molecule has 26 heavy (non-hydrogen) atoms. The Hall–Kier alpha value is -2.22. The van der Waals surface area contributed by atoms with Crippen molar-refractivity contribution in [3.05, 3.63) is 39.7 Å². The van der Waals surface area contributed by atoms with Crippen LogP contribution < -0.4 is 15.5 Å². The molecule has 3 rings (SSSR count). The maximum absolute atomic E-state index is 13.9. The summed E-state index contributed by atoms with van der Waals surface area (Å²) in [6.45, 7) is 8.95. The van der Waals surface area contributed by atoms with Gasteiger partial charge in [0.1, 0.15) is 5.01 Å². The second-order valence-electron chi connectivity index (χ2n) is 6.33. The van der Waals surface area contributed by atoms with Crippen LogP contribution in [0.1, 0.15) is 28.9 Å². The molecule has 8 heteroatoms. The van der Waals surface area contributed by atoms with Crippen molar-refractivity contribution >= 4 is 23.1 Å². The fraction of sp³-hybridized carbons (Fsp3) is 0.500. The zero-order chi connectivity index (χ0) is 18.5. The van der Waals surface area contributed by atoms with Crippen molar-refractivity contribution in [2.45, 2.75) is 39.8 Å². The van der Waals surface area contributed by atoms with E-state index in [1.165, 1.54) is 10.9 Å². The van der Waals surface area contributed by atoms with Gasteiger partial charge in [-0.15, -0.1) is 11.3 Å². The minimum Gasteiger partial charge on any atom is -0.357 e. The molecule has 0 amide bonds. The van der Waals surface area contributed by atoms with Crippen LogP contribution in [0.25, 0.3) is 0 Å². The van der Waals surface area contributed by atoms with Gasteiger partial charge in [0.2, 0.25) is 0 Å². The summed E-state index contributed by atoms with van der Waals surface area (Å²) in [6.07, 6.45) is 2.54. The normalized spacial score (nSPS) is 17.6. The molecular weight excluding hydrogens is 351 g/mol. The Labute approximate surface area is 157 Å². The molecule has 1 atom stereocenters. The van der Waals surface area contributed by atoms with Gasteiger partial charge in [0.25, 0.3) is 0 Å². The van der Waals surface area contributed by atoms with Gasteiger partial charge in [-0.05, 0) is 39.3 Å². The highest BCUT2D eigenvalue weighted by molar-refractivity contribution is 7.11. The first-order valence-electron chi connectivity index (χ1n) is 8.90. The molecule has 1 aliphatic rings. The molecule has 3 heterocycles. The second kappa shape index (κ2) is 8.44. The molecule has 1 aliphatic heterocycles. The first kappa shape index (κ1) is 18.6. The smallest absolute Gasteiger partial charge is 0.191 e. The van der Waals surface area contributed by atoms with Gasteiger partial charge in [-0.25, -0.2) is 19.4 Å². The van der Waals surface area contributed by atoms with Crippen molar-refractivity contribution in [1.82, 2.24) is 20.6 Å². The van der Waals surface area contributed by atoms with Gasteiger partial charge >= 0.3 is 0 Å². The zero-order valence-electron chi connectivity index (χ0n) is 15.4. The molecule has 2 N–H and O–H groups in total. The number of nitrogens with one attached hydrogen (secondary N) is 2. The van der Waals surface area contributed by atoms with Gasteiger partial charge in [0.05, 0.1) is 12.2 Å². The summed E-state index contributed by atoms with van der Waals surface area (Å²) in [6, 6.07) is 3.27. The first-order valence-corrected chi connectivity index (χ1v) is 9.71. The number of aryl methyl sites for hydroxylation is 2. The highest BCUT2D eigenvalue weighted by Crippen LogP contribution is 2.21. The number of hydrogen-bond acceptors (Lipinski definition) is 5. The number of anilines is 1. The summed E-state index contributed by atoms with van der Waals surface area (Å²) in [4.78, 5) is 16.6. The van der Waals surface area contributed by atoms with E-state index in [4.69, 9.17) is 0 Å². The average Bonchev–Trinajstić information content (AvgIpc) is 3.20. The van der Waals surface area contributed by atoms with Gasteiger partial charge in [0, 0.05) is 36.8 Å². The number of thiazole rings is 1. The molecule has 1 fully saturated rings. The van der Waals surface area contributed by atoms with Crippen molar-refractivity contribution in [3.63, 3.8) is 0 Å². The van der Waals surface area contributed by atoms with Crippen molar-refractivity contribution in [3.8, 4) is 0 Å². The second-order valence-corrected chi connectivity index (χ2v) is 7.62. The van der Waals surface area contributed by atoms with Crippen molar-refractivity contribution in [2.75, 3.05) is 24.5 Å². The van der Waals surface area contributed by atoms with E-state index in [0.29, 0.717) is 18.9 Å². The summed E-state index contributed by atoms with van der Waals surface area (Å²) >= 11 is 1.68. The molecule has 2 aromatic heterocycles. The number of aliphatic imine (C=N–C) groups is 1. The Morgan fingerprint density at radius 1 is 1.46 bits per heavy atom. The third-order valence-electron chi connectivity index (χ3n) is 4.36. The predicted molar refractivity (Wildman–Crippen MR) is 104 cm³/mol. The maximum atomic E-state index is 13.9. The summed E-state index contributed by atoms with van der Waals surface area (Å²) in [5.41, 5.74) is 1.07. The lowest BCUT2D eigenvalue weighted by atomic mass is 10.3. The molecular formula is C18H25FN6S. The van der Waals surface area contributed by atoms with Crippen LogP contribution in [0.3, 0.4) is 0 Å². The lowest BCUT2D eigenvalue weighted by molar-refractivity contribution is 0.612. The molecule has 0 bridgehead atoms. The molecule has 1 unspecified atom stereocenters.